The first kappa shape index (κ1) is 11.0. The number of piperidine rings is 1. The Morgan fingerprint density at radius 2 is 2.38 bits per heavy atom. The van der Waals surface area contributed by atoms with E-state index in [1.165, 1.54) is 19.4 Å². The van der Waals surface area contributed by atoms with Crippen molar-refractivity contribution in [3.8, 4) is 0 Å². The van der Waals surface area contributed by atoms with Crippen molar-refractivity contribution in [1.29, 1.82) is 0 Å². The first-order valence-electron chi connectivity index (χ1n) is 5.40. The molecule has 78 valence electrons. The maximum absolute atomic E-state index is 8.84. The summed E-state index contributed by atoms with van der Waals surface area (Å²) in [5.74, 6) is 0.792. The summed E-state index contributed by atoms with van der Waals surface area (Å²) in [6.07, 6.45) is 2.65. The average Bonchev–Trinajstić information content (AvgIpc) is 2.19. The molecule has 0 aliphatic carbocycles. The maximum Gasteiger partial charge on any atom is 0.0558 e. The minimum atomic E-state index is 0.286. The molecular weight excluding hydrogens is 164 g/mol. The third-order valence-electron chi connectivity index (χ3n) is 2.78. The second kappa shape index (κ2) is 6.35. The molecule has 0 saturated carbocycles. The molecule has 1 fully saturated rings. The van der Waals surface area contributed by atoms with E-state index >= 15 is 0 Å². The summed E-state index contributed by atoms with van der Waals surface area (Å²) >= 11 is 0. The van der Waals surface area contributed by atoms with Crippen molar-refractivity contribution >= 4 is 0 Å². The molecule has 1 atom stereocenters. The Bertz CT molecular complexity index is 121. The van der Waals surface area contributed by atoms with Gasteiger partial charge in [0.2, 0.25) is 0 Å². The minimum Gasteiger partial charge on any atom is -0.395 e. The van der Waals surface area contributed by atoms with Gasteiger partial charge < -0.3 is 15.3 Å². The first-order valence-corrected chi connectivity index (χ1v) is 5.40. The number of hydrogen-bond donors (Lipinski definition) is 2. The van der Waals surface area contributed by atoms with Gasteiger partial charge in [-0.3, -0.25) is 0 Å². The van der Waals surface area contributed by atoms with Gasteiger partial charge in [-0.2, -0.15) is 0 Å². The fraction of sp³-hybridized carbons (Fsp3) is 1.00. The van der Waals surface area contributed by atoms with E-state index in [9.17, 15) is 0 Å². The summed E-state index contributed by atoms with van der Waals surface area (Å²) in [6.45, 7) is 7.80. The van der Waals surface area contributed by atoms with Crippen LogP contribution in [-0.4, -0.2) is 49.3 Å². The van der Waals surface area contributed by atoms with E-state index in [0.717, 1.165) is 32.1 Å². The molecule has 1 unspecified atom stereocenters. The zero-order chi connectivity index (χ0) is 9.52. The van der Waals surface area contributed by atoms with Gasteiger partial charge in [-0.25, -0.2) is 0 Å². The van der Waals surface area contributed by atoms with Crippen LogP contribution in [0.25, 0.3) is 0 Å². The van der Waals surface area contributed by atoms with Gasteiger partial charge in [0.05, 0.1) is 6.61 Å². The molecule has 0 aromatic carbocycles. The molecule has 0 aromatic rings. The molecular formula is C10H22N2O. The fourth-order valence-electron chi connectivity index (χ4n) is 1.96. The highest BCUT2D eigenvalue weighted by Gasteiger charge is 2.15. The quantitative estimate of drug-likeness (QED) is 0.648. The predicted molar refractivity (Wildman–Crippen MR) is 54.8 cm³/mol. The number of hydrogen-bond acceptors (Lipinski definition) is 3. The summed E-state index contributed by atoms with van der Waals surface area (Å²) in [6, 6.07) is 0. The van der Waals surface area contributed by atoms with Crippen LogP contribution in [0.4, 0.5) is 0 Å². The lowest BCUT2D eigenvalue weighted by molar-refractivity contribution is 0.170. The highest BCUT2D eigenvalue weighted by molar-refractivity contribution is 4.72. The maximum atomic E-state index is 8.84. The highest BCUT2D eigenvalue weighted by atomic mass is 16.3. The lowest BCUT2D eigenvalue weighted by Crippen LogP contribution is -2.39. The lowest BCUT2D eigenvalue weighted by Gasteiger charge is -2.28. The Morgan fingerprint density at radius 1 is 1.54 bits per heavy atom. The summed E-state index contributed by atoms with van der Waals surface area (Å²) in [5.41, 5.74) is 0. The van der Waals surface area contributed by atoms with Gasteiger partial charge in [0.25, 0.3) is 0 Å². The van der Waals surface area contributed by atoms with Gasteiger partial charge in [-0.15, -0.1) is 0 Å². The molecule has 1 aliphatic rings. The Kier molecular flexibility index (Phi) is 5.35. The largest absolute Gasteiger partial charge is 0.395 e. The Morgan fingerprint density at radius 3 is 2.92 bits per heavy atom. The van der Waals surface area contributed by atoms with Crippen molar-refractivity contribution in [2.75, 3.05) is 39.3 Å². The fourth-order valence-corrected chi connectivity index (χ4v) is 1.96. The topological polar surface area (TPSA) is 35.5 Å². The van der Waals surface area contributed by atoms with Crippen LogP contribution in [-0.2, 0) is 0 Å². The number of aliphatic hydroxyl groups is 1. The summed E-state index contributed by atoms with van der Waals surface area (Å²) < 4.78 is 0. The average molecular weight is 186 g/mol. The number of rotatable bonds is 5. The van der Waals surface area contributed by atoms with E-state index in [1.54, 1.807) is 0 Å². The van der Waals surface area contributed by atoms with Crippen molar-refractivity contribution in [2.45, 2.75) is 19.8 Å². The zero-order valence-electron chi connectivity index (χ0n) is 8.63. The molecule has 1 saturated heterocycles. The molecule has 13 heavy (non-hydrogen) atoms. The van der Waals surface area contributed by atoms with E-state index in [2.05, 4.69) is 17.1 Å². The van der Waals surface area contributed by atoms with E-state index in [4.69, 9.17) is 5.11 Å². The van der Waals surface area contributed by atoms with Crippen LogP contribution >= 0.6 is 0 Å². The third kappa shape index (κ3) is 4.07. The van der Waals surface area contributed by atoms with E-state index < -0.39 is 0 Å². The van der Waals surface area contributed by atoms with Gasteiger partial charge >= 0.3 is 0 Å². The molecule has 0 spiro atoms. The van der Waals surface area contributed by atoms with Crippen LogP contribution in [0.2, 0.25) is 0 Å². The first-order chi connectivity index (χ1) is 6.36. The van der Waals surface area contributed by atoms with Crippen LogP contribution in [0.1, 0.15) is 19.8 Å². The van der Waals surface area contributed by atoms with Gasteiger partial charge in [0, 0.05) is 13.1 Å². The Labute approximate surface area is 81.1 Å². The van der Waals surface area contributed by atoms with Gasteiger partial charge in [-0.05, 0) is 38.4 Å². The SMILES string of the molecule is CCN(CCO)CC1CCCNC1. The van der Waals surface area contributed by atoms with Crippen LogP contribution in [0, 0.1) is 5.92 Å². The predicted octanol–water partition coefficient (Wildman–Crippen LogP) is 0.300. The smallest absolute Gasteiger partial charge is 0.0558 e. The Balaban J connectivity index is 2.18. The van der Waals surface area contributed by atoms with Crippen molar-refractivity contribution in [3.63, 3.8) is 0 Å². The molecule has 3 heteroatoms. The zero-order valence-corrected chi connectivity index (χ0v) is 8.63. The van der Waals surface area contributed by atoms with Gasteiger partial charge in [0.1, 0.15) is 0 Å². The second-order valence-electron chi connectivity index (χ2n) is 3.83. The van der Waals surface area contributed by atoms with Crippen LogP contribution in [0.5, 0.6) is 0 Å². The molecule has 1 rings (SSSR count). The molecule has 0 bridgehead atoms. The lowest BCUT2D eigenvalue weighted by atomic mass is 9.99. The van der Waals surface area contributed by atoms with Crippen LogP contribution < -0.4 is 5.32 Å². The molecule has 0 amide bonds. The summed E-state index contributed by atoms with van der Waals surface area (Å²) in [5, 5.41) is 12.3. The van der Waals surface area contributed by atoms with Crippen molar-refractivity contribution < 1.29 is 5.11 Å². The van der Waals surface area contributed by atoms with E-state index in [-0.39, 0.29) is 6.61 Å². The monoisotopic (exact) mass is 186 g/mol. The number of aliphatic hydroxyl groups excluding tert-OH is 1. The molecule has 3 nitrogen and oxygen atoms in total. The third-order valence-corrected chi connectivity index (χ3v) is 2.78. The molecule has 0 radical (unpaired) electrons. The normalized spacial score (nSPS) is 23.8. The molecule has 2 N–H and O–H groups in total. The summed E-state index contributed by atoms with van der Waals surface area (Å²) in [7, 11) is 0. The van der Waals surface area contributed by atoms with Gasteiger partial charge in [-0.1, -0.05) is 6.92 Å². The number of nitrogens with zero attached hydrogens (tertiary/aromatic N) is 1. The van der Waals surface area contributed by atoms with Crippen molar-refractivity contribution in [3.05, 3.63) is 0 Å². The minimum absolute atomic E-state index is 0.286. The van der Waals surface area contributed by atoms with Crippen molar-refractivity contribution in [2.24, 2.45) is 5.92 Å². The van der Waals surface area contributed by atoms with Crippen LogP contribution in [0.15, 0.2) is 0 Å². The number of nitrogens with one attached hydrogen (secondary N) is 1. The van der Waals surface area contributed by atoms with Gasteiger partial charge in [0.15, 0.2) is 0 Å². The summed E-state index contributed by atoms with van der Waals surface area (Å²) in [4.78, 5) is 2.33. The Hall–Kier alpha value is -0.120. The van der Waals surface area contributed by atoms with Crippen molar-refractivity contribution in [1.82, 2.24) is 10.2 Å². The standard InChI is InChI=1S/C10H22N2O/c1-2-12(6-7-13)9-10-4-3-5-11-8-10/h10-11,13H,2-9H2,1H3. The van der Waals surface area contributed by atoms with E-state index in [0.29, 0.717) is 0 Å². The molecule has 0 aromatic heterocycles. The highest BCUT2D eigenvalue weighted by Crippen LogP contribution is 2.11. The molecule has 1 heterocycles. The van der Waals surface area contributed by atoms with E-state index in [1.807, 2.05) is 0 Å². The molecule has 1 aliphatic heterocycles. The second-order valence-corrected chi connectivity index (χ2v) is 3.83. The van der Waals surface area contributed by atoms with Crippen LogP contribution in [0.3, 0.4) is 0 Å². The number of likely N-dealkylation sites (N-methyl/N-ethyl adjacent to an activating group) is 1.